The zero-order valence-electron chi connectivity index (χ0n) is 13.2. The molecule has 0 rings (SSSR count). The van der Waals surface area contributed by atoms with Crippen LogP contribution in [0.3, 0.4) is 0 Å². The Morgan fingerprint density at radius 1 is 0.955 bits per heavy atom. The van der Waals surface area contributed by atoms with Gasteiger partial charge < -0.3 is 5.11 Å². The SMILES string of the molecule is C=C(C)C(=O)C(C(=O)C(=C)C)C(C)(O)C(=O)C(=C)C.[O]=[Ti][OH]. The summed E-state index contributed by atoms with van der Waals surface area (Å²) in [7, 11) is 0. The van der Waals surface area contributed by atoms with Gasteiger partial charge in [-0.15, -0.1) is 0 Å². The van der Waals surface area contributed by atoms with Crippen LogP contribution in [-0.2, 0) is 37.2 Å². The van der Waals surface area contributed by atoms with Crippen LogP contribution in [0.4, 0.5) is 0 Å². The van der Waals surface area contributed by atoms with Crippen molar-refractivity contribution in [1.29, 1.82) is 0 Å². The molecule has 1 unspecified atom stereocenters. The van der Waals surface area contributed by atoms with Gasteiger partial charge in [-0.25, -0.2) is 0 Å². The first kappa shape index (κ1) is 22.9. The summed E-state index contributed by atoms with van der Waals surface area (Å²) in [6.45, 7) is 15.7. The fraction of sp³-hybridized carbons (Fsp3) is 0.400. The third kappa shape index (κ3) is 6.19. The van der Waals surface area contributed by atoms with Crippen LogP contribution in [0.15, 0.2) is 36.5 Å². The average molecular weight is 345 g/mol. The molecule has 6 nitrogen and oxygen atoms in total. The maximum atomic E-state index is 12.1. The molecule has 22 heavy (non-hydrogen) atoms. The molecule has 0 saturated carbocycles. The normalized spacial score (nSPS) is 12.1. The van der Waals surface area contributed by atoms with Crippen molar-refractivity contribution in [2.75, 3.05) is 0 Å². The summed E-state index contributed by atoms with van der Waals surface area (Å²) in [4.78, 5) is 36.1. The number of allylic oxidation sites excluding steroid dienone is 2. The third-order valence-corrected chi connectivity index (χ3v) is 2.78. The molecule has 0 amide bonds. The van der Waals surface area contributed by atoms with Gasteiger partial charge in [0.15, 0.2) is 17.3 Å². The van der Waals surface area contributed by atoms with E-state index in [4.69, 9.17) is 7.01 Å². The number of ketones is 3. The van der Waals surface area contributed by atoms with Crippen LogP contribution in [0.25, 0.3) is 0 Å². The molecule has 0 saturated heterocycles. The van der Waals surface area contributed by atoms with Crippen molar-refractivity contribution in [3.05, 3.63) is 36.5 Å². The maximum absolute atomic E-state index is 12.1. The number of rotatable bonds is 7. The van der Waals surface area contributed by atoms with E-state index in [1.54, 1.807) is 0 Å². The van der Waals surface area contributed by atoms with Crippen molar-refractivity contribution in [1.82, 2.24) is 0 Å². The monoisotopic (exact) mass is 345 g/mol. The van der Waals surface area contributed by atoms with Gasteiger partial charge in [-0.2, -0.15) is 0 Å². The van der Waals surface area contributed by atoms with Crippen LogP contribution in [-0.4, -0.2) is 31.7 Å². The van der Waals surface area contributed by atoms with Crippen molar-refractivity contribution in [2.24, 2.45) is 5.92 Å². The van der Waals surface area contributed by atoms with E-state index in [-0.39, 0.29) is 16.7 Å². The number of hydrogen-bond acceptors (Lipinski definition) is 5. The summed E-state index contributed by atoms with van der Waals surface area (Å²) >= 11 is -1.75. The van der Waals surface area contributed by atoms with Crippen molar-refractivity contribution < 1.29 is 46.0 Å². The van der Waals surface area contributed by atoms with E-state index >= 15 is 0 Å². The number of Topliss-reactive ketones (excluding diaryl/α,β-unsaturated/α-hetero) is 3. The number of carbonyl (C=O) groups excluding carboxylic acids is 3. The molecule has 0 aromatic heterocycles. The summed E-state index contributed by atoms with van der Waals surface area (Å²) in [5.74, 6) is -3.63. The molecule has 121 valence electrons. The van der Waals surface area contributed by atoms with Gasteiger partial charge in [-0.1, -0.05) is 19.7 Å². The van der Waals surface area contributed by atoms with Crippen LogP contribution >= 0.6 is 0 Å². The fourth-order valence-corrected chi connectivity index (χ4v) is 1.69. The van der Waals surface area contributed by atoms with Gasteiger partial charge in [0.25, 0.3) is 0 Å². The van der Waals surface area contributed by atoms with Crippen LogP contribution in [0, 0.1) is 5.92 Å². The van der Waals surface area contributed by atoms with Gasteiger partial charge in [0.2, 0.25) is 0 Å². The molecule has 0 aliphatic rings. The Balaban J connectivity index is 0. The molecule has 2 N–H and O–H groups in total. The quantitative estimate of drug-likeness (QED) is 0.406. The molecule has 0 aliphatic heterocycles. The Kier molecular flexibility index (Phi) is 10.0. The Hall–Kier alpha value is -1.34. The van der Waals surface area contributed by atoms with Crippen molar-refractivity contribution in [3.8, 4) is 0 Å². The summed E-state index contributed by atoms with van der Waals surface area (Å²) in [5, 5.41) is 10.3. The second-order valence-electron chi connectivity index (χ2n) is 5.07. The standard InChI is InChI=1S/C15H20O4.H2O.O.Ti/c1-8(2)12(16)11(13(17)9(3)4)15(7,19)14(18)10(5)6;;;/h11,19H,1,3,5H2,2,4,6-7H3;1H2;;/q;;;+1/p-1. The van der Waals surface area contributed by atoms with E-state index in [0.717, 1.165) is 6.92 Å². The third-order valence-electron chi connectivity index (χ3n) is 2.78. The predicted octanol–water partition coefficient (Wildman–Crippen LogP) is 1.11. The molecular weight excluding hydrogens is 324 g/mol. The van der Waals surface area contributed by atoms with Gasteiger partial charge >= 0.3 is 26.5 Å². The predicted molar refractivity (Wildman–Crippen MR) is 76.5 cm³/mol. The summed E-state index contributed by atoms with van der Waals surface area (Å²) < 4.78 is 15.8. The van der Waals surface area contributed by atoms with E-state index in [0.29, 0.717) is 0 Å². The molecule has 1 atom stereocenters. The molecule has 0 bridgehead atoms. The van der Waals surface area contributed by atoms with E-state index in [1.165, 1.54) is 20.8 Å². The Morgan fingerprint density at radius 2 is 1.23 bits per heavy atom. The van der Waals surface area contributed by atoms with Gasteiger partial charge in [-0.3, -0.25) is 14.4 Å². The van der Waals surface area contributed by atoms with E-state index < -0.39 is 48.4 Å². The molecule has 0 aromatic carbocycles. The van der Waals surface area contributed by atoms with E-state index in [1.807, 2.05) is 0 Å². The molecule has 0 aromatic rings. The first-order chi connectivity index (χ1) is 9.85. The molecule has 0 heterocycles. The number of aliphatic hydroxyl groups is 1. The first-order valence-electron chi connectivity index (χ1n) is 6.19. The summed E-state index contributed by atoms with van der Waals surface area (Å²) in [6.07, 6.45) is 0. The second-order valence-corrected chi connectivity index (χ2v) is 5.36. The molecule has 7 heteroatoms. The molecule has 0 aliphatic carbocycles. The van der Waals surface area contributed by atoms with Gasteiger partial charge in [-0.05, 0) is 44.4 Å². The molecule has 0 radical (unpaired) electrons. The molecule has 0 fully saturated rings. The van der Waals surface area contributed by atoms with Crippen LogP contribution < -0.4 is 0 Å². The van der Waals surface area contributed by atoms with Gasteiger partial charge in [0, 0.05) is 0 Å². The van der Waals surface area contributed by atoms with E-state index in [2.05, 4.69) is 19.7 Å². The Bertz CT molecular complexity index is 504. The average Bonchev–Trinajstić information content (AvgIpc) is 2.37. The second kappa shape index (κ2) is 9.63. The van der Waals surface area contributed by atoms with E-state index in [9.17, 15) is 19.5 Å². The zero-order chi connectivity index (χ0) is 18.2. The number of hydrogen-bond donors (Lipinski definition) is 2. The van der Waals surface area contributed by atoms with Crippen LogP contribution in [0.1, 0.15) is 27.7 Å². The van der Waals surface area contributed by atoms with Gasteiger partial charge in [0.1, 0.15) is 11.5 Å². The Morgan fingerprint density at radius 3 is 1.41 bits per heavy atom. The Labute approximate surface area is 139 Å². The van der Waals surface area contributed by atoms with Crippen LogP contribution in [0.5, 0.6) is 0 Å². The van der Waals surface area contributed by atoms with Crippen molar-refractivity contribution in [2.45, 2.75) is 33.3 Å². The fourth-order valence-electron chi connectivity index (χ4n) is 1.69. The minimum absolute atomic E-state index is 0.0685. The van der Waals surface area contributed by atoms with Crippen LogP contribution in [0.2, 0.25) is 0 Å². The zero-order valence-corrected chi connectivity index (χ0v) is 14.8. The summed E-state index contributed by atoms with van der Waals surface area (Å²) in [5.41, 5.74) is -1.90. The van der Waals surface area contributed by atoms with Crippen molar-refractivity contribution in [3.63, 3.8) is 0 Å². The molecule has 0 spiro atoms. The van der Waals surface area contributed by atoms with Crippen molar-refractivity contribution >= 4 is 17.3 Å². The number of carbonyl (C=O) groups is 3. The first-order valence-corrected chi connectivity index (χ1v) is 7.53. The minimum atomic E-state index is -2.15. The topological polar surface area (TPSA) is 109 Å². The summed E-state index contributed by atoms with van der Waals surface area (Å²) in [6, 6.07) is 0. The van der Waals surface area contributed by atoms with Gasteiger partial charge in [0.05, 0.1) is 0 Å². The molecular formula is C15H21O6Ti.